The maximum Gasteiger partial charge on any atom is 0.241 e. The summed E-state index contributed by atoms with van der Waals surface area (Å²) >= 11 is 0. The molecule has 0 radical (unpaired) electrons. The van der Waals surface area contributed by atoms with E-state index in [1.54, 1.807) is 18.2 Å². The van der Waals surface area contributed by atoms with Gasteiger partial charge in [0.15, 0.2) is 0 Å². The minimum atomic E-state index is -0.381. The number of nitrogens with one attached hydrogen (secondary N) is 1. The lowest BCUT2D eigenvalue weighted by molar-refractivity contribution is -0.122. The molecule has 2 aliphatic rings. The summed E-state index contributed by atoms with van der Waals surface area (Å²) in [6, 6.07) is 6.13. The van der Waals surface area contributed by atoms with Gasteiger partial charge in [-0.3, -0.25) is 9.69 Å². The van der Waals surface area contributed by atoms with Crippen molar-refractivity contribution in [2.45, 2.75) is 45.1 Å². The van der Waals surface area contributed by atoms with Crippen LogP contribution in [0.15, 0.2) is 24.3 Å². The number of halogens is 1. The van der Waals surface area contributed by atoms with Crippen molar-refractivity contribution in [3.63, 3.8) is 0 Å². The van der Waals surface area contributed by atoms with Crippen LogP contribution in [0.3, 0.4) is 0 Å². The second kappa shape index (κ2) is 6.78. The van der Waals surface area contributed by atoms with E-state index < -0.39 is 0 Å². The molecule has 3 atom stereocenters. The molecular formula is C18H25FN2O. The average Bonchev–Trinajstić information content (AvgIpc) is 2.55. The van der Waals surface area contributed by atoms with Crippen molar-refractivity contribution >= 4 is 11.6 Å². The van der Waals surface area contributed by atoms with Gasteiger partial charge in [-0.05, 0) is 50.3 Å². The lowest BCUT2D eigenvalue weighted by atomic mass is 9.75. The van der Waals surface area contributed by atoms with Gasteiger partial charge >= 0.3 is 0 Å². The molecule has 4 heteroatoms. The average molecular weight is 304 g/mol. The first-order chi connectivity index (χ1) is 10.6. The zero-order chi connectivity index (χ0) is 15.5. The predicted octanol–water partition coefficient (Wildman–Crippen LogP) is 3.66. The molecular weight excluding hydrogens is 279 g/mol. The summed E-state index contributed by atoms with van der Waals surface area (Å²) in [5.41, 5.74) is 0.270. The molecule has 1 amide bonds. The van der Waals surface area contributed by atoms with E-state index in [0.717, 1.165) is 24.9 Å². The zero-order valence-corrected chi connectivity index (χ0v) is 13.2. The van der Waals surface area contributed by atoms with Gasteiger partial charge in [-0.1, -0.05) is 31.4 Å². The molecule has 1 saturated heterocycles. The Bertz CT molecular complexity index is 534. The molecule has 0 spiro atoms. The summed E-state index contributed by atoms with van der Waals surface area (Å²) in [7, 11) is 0. The molecule has 1 N–H and O–H groups in total. The maximum atomic E-state index is 13.6. The van der Waals surface area contributed by atoms with E-state index in [4.69, 9.17) is 0 Å². The van der Waals surface area contributed by atoms with Crippen LogP contribution in [0.4, 0.5) is 10.1 Å². The van der Waals surface area contributed by atoms with E-state index in [-0.39, 0.29) is 23.5 Å². The molecule has 0 aromatic heterocycles. The molecule has 3 unspecified atom stereocenters. The number of piperidine rings is 1. The fraction of sp³-hybridized carbons (Fsp3) is 0.611. The van der Waals surface area contributed by atoms with Gasteiger partial charge in [0, 0.05) is 6.54 Å². The van der Waals surface area contributed by atoms with Crippen LogP contribution in [0, 0.1) is 17.7 Å². The van der Waals surface area contributed by atoms with Crippen LogP contribution in [0.25, 0.3) is 0 Å². The summed E-state index contributed by atoms with van der Waals surface area (Å²) in [5.74, 6) is 1.10. The van der Waals surface area contributed by atoms with Crippen molar-refractivity contribution in [2.24, 2.45) is 11.8 Å². The van der Waals surface area contributed by atoms with Crippen molar-refractivity contribution in [2.75, 3.05) is 18.4 Å². The van der Waals surface area contributed by atoms with Crippen LogP contribution >= 0.6 is 0 Å². The SMILES string of the molecule is CC(C(=O)Nc1ccccc1F)N1CCC2CCCCC2C1. The molecule has 3 rings (SSSR count). The number of carbonyl (C=O) groups excluding carboxylic acids is 1. The van der Waals surface area contributed by atoms with Crippen LogP contribution in [0.2, 0.25) is 0 Å². The Morgan fingerprint density at radius 2 is 1.95 bits per heavy atom. The zero-order valence-electron chi connectivity index (χ0n) is 13.2. The van der Waals surface area contributed by atoms with Gasteiger partial charge in [0.2, 0.25) is 5.91 Å². The Labute approximate surface area is 131 Å². The van der Waals surface area contributed by atoms with Gasteiger partial charge in [0.25, 0.3) is 0 Å². The second-order valence-electron chi connectivity index (χ2n) is 6.73. The Morgan fingerprint density at radius 1 is 1.23 bits per heavy atom. The van der Waals surface area contributed by atoms with Crippen molar-refractivity contribution in [1.82, 2.24) is 4.90 Å². The van der Waals surface area contributed by atoms with Gasteiger partial charge in [-0.15, -0.1) is 0 Å². The monoisotopic (exact) mass is 304 g/mol. The van der Waals surface area contributed by atoms with Gasteiger partial charge in [0.1, 0.15) is 5.82 Å². The standard InChI is InChI=1S/C18H25FN2O/c1-13(18(22)20-17-9-5-4-8-16(17)19)21-11-10-14-6-2-3-7-15(14)12-21/h4-5,8-9,13-15H,2-3,6-7,10-12H2,1H3,(H,20,22). The number of fused-ring (bicyclic) bond motifs is 1. The lowest BCUT2D eigenvalue weighted by Gasteiger charge is -2.43. The number of likely N-dealkylation sites (tertiary alicyclic amines) is 1. The van der Waals surface area contributed by atoms with E-state index in [1.165, 1.54) is 38.2 Å². The fourth-order valence-electron chi connectivity index (χ4n) is 3.95. The van der Waals surface area contributed by atoms with Crippen molar-refractivity contribution in [1.29, 1.82) is 0 Å². The van der Waals surface area contributed by atoms with Crippen molar-refractivity contribution in [3.05, 3.63) is 30.1 Å². The Hall–Kier alpha value is -1.42. The van der Waals surface area contributed by atoms with E-state index in [2.05, 4.69) is 10.2 Å². The highest BCUT2D eigenvalue weighted by molar-refractivity contribution is 5.94. The highest BCUT2D eigenvalue weighted by Crippen LogP contribution is 2.36. The number of anilines is 1. The Balaban J connectivity index is 1.60. The quantitative estimate of drug-likeness (QED) is 0.924. The van der Waals surface area contributed by atoms with Crippen molar-refractivity contribution < 1.29 is 9.18 Å². The minimum Gasteiger partial charge on any atom is -0.322 e. The number of para-hydroxylation sites is 1. The molecule has 1 aliphatic carbocycles. The number of hydrogen-bond acceptors (Lipinski definition) is 2. The molecule has 120 valence electrons. The molecule has 1 saturated carbocycles. The number of carbonyl (C=O) groups is 1. The highest BCUT2D eigenvalue weighted by atomic mass is 19.1. The molecule has 1 aromatic carbocycles. The van der Waals surface area contributed by atoms with Crippen LogP contribution < -0.4 is 5.32 Å². The van der Waals surface area contributed by atoms with Gasteiger partial charge in [-0.25, -0.2) is 4.39 Å². The predicted molar refractivity (Wildman–Crippen MR) is 86.1 cm³/mol. The van der Waals surface area contributed by atoms with Crippen LogP contribution in [-0.4, -0.2) is 29.9 Å². The normalized spacial score (nSPS) is 27.0. The fourth-order valence-corrected chi connectivity index (χ4v) is 3.95. The lowest BCUT2D eigenvalue weighted by Crippen LogP contribution is -2.50. The van der Waals surface area contributed by atoms with Gasteiger partial charge < -0.3 is 5.32 Å². The summed E-state index contributed by atoms with van der Waals surface area (Å²) < 4.78 is 13.6. The largest absolute Gasteiger partial charge is 0.322 e. The Kier molecular flexibility index (Phi) is 4.77. The molecule has 1 heterocycles. The first kappa shape index (κ1) is 15.5. The van der Waals surface area contributed by atoms with Crippen LogP contribution in [-0.2, 0) is 4.79 Å². The molecule has 2 fully saturated rings. The molecule has 3 nitrogen and oxygen atoms in total. The van der Waals surface area contributed by atoms with E-state index in [9.17, 15) is 9.18 Å². The molecule has 0 bridgehead atoms. The number of rotatable bonds is 3. The number of benzene rings is 1. The third-order valence-corrected chi connectivity index (χ3v) is 5.38. The van der Waals surface area contributed by atoms with E-state index in [0.29, 0.717) is 0 Å². The summed E-state index contributed by atoms with van der Waals surface area (Å²) in [6.45, 7) is 3.92. The Morgan fingerprint density at radius 3 is 2.73 bits per heavy atom. The second-order valence-corrected chi connectivity index (χ2v) is 6.73. The summed E-state index contributed by atoms with van der Waals surface area (Å²) in [4.78, 5) is 14.7. The highest BCUT2D eigenvalue weighted by Gasteiger charge is 2.34. The summed E-state index contributed by atoms with van der Waals surface area (Å²) in [5, 5.41) is 2.72. The van der Waals surface area contributed by atoms with Crippen molar-refractivity contribution in [3.8, 4) is 0 Å². The third kappa shape index (κ3) is 3.32. The first-order valence-electron chi connectivity index (χ1n) is 8.44. The third-order valence-electron chi connectivity index (χ3n) is 5.38. The topological polar surface area (TPSA) is 32.3 Å². The molecule has 1 aromatic rings. The molecule has 22 heavy (non-hydrogen) atoms. The van der Waals surface area contributed by atoms with Crippen LogP contribution in [0.5, 0.6) is 0 Å². The van der Waals surface area contributed by atoms with Crippen LogP contribution in [0.1, 0.15) is 39.0 Å². The number of amides is 1. The van der Waals surface area contributed by atoms with Gasteiger partial charge in [0.05, 0.1) is 11.7 Å². The number of hydrogen-bond donors (Lipinski definition) is 1. The van der Waals surface area contributed by atoms with E-state index in [1.807, 2.05) is 6.92 Å². The van der Waals surface area contributed by atoms with Gasteiger partial charge in [-0.2, -0.15) is 0 Å². The minimum absolute atomic E-state index is 0.112. The smallest absolute Gasteiger partial charge is 0.241 e. The van der Waals surface area contributed by atoms with E-state index >= 15 is 0 Å². The molecule has 1 aliphatic heterocycles. The number of nitrogens with zero attached hydrogens (tertiary/aromatic N) is 1. The summed E-state index contributed by atoms with van der Waals surface area (Å²) in [6.07, 6.45) is 6.54. The first-order valence-corrected chi connectivity index (χ1v) is 8.44. The maximum absolute atomic E-state index is 13.6.